The summed E-state index contributed by atoms with van der Waals surface area (Å²) in [5.74, 6) is 1.26. The monoisotopic (exact) mass is 297 g/mol. The molecule has 0 aromatic rings. The highest BCUT2D eigenvalue weighted by molar-refractivity contribution is 5.81. The highest BCUT2D eigenvalue weighted by atomic mass is 16.5. The Kier molecular flexibility index (Phi) is 5.67. The molecule has 0 amide bonds. The molecule has 0 aromatic carbocycles. The summed E-state index contributed by atoms with van der Waals surface area (Å²) in [4.78, 5) is 12.6. The van der Waals surface area contributed by atoms with Crippen molar-refractivity contribution in [1.82, 2.24) is 5.32 Å². The molecule has 0 bridgehead atoms. The molecule has 1 saturated carbocycles. The van der Waals surface area contributed by atoms with E-state index in [1.807, 2.05) is 0 Å². The van der Waals surface area contributed by atoms with Crippen molar-refractivity contribution < 1.29 is 14.3 Å². The molecule has 1 heterocycles. The van der Waals surface area contributed by atoms with Gasteiger partial charge in [0, 0.05) is 13.2 Å². The van der Waals surface area contributed by atoms with Crippen LogP contribution in [0.5, 0.6) is 0 Å². The summed E-state index contributed by atoms with van der Waals surface area (Å²) in [7, 11) is 1.51. The van der Waals surface area contributed by atoms with E-state index in [4.69, 9.17) is 9.47 Å². The molecule has 1 N–H and O–H groups in total. The molecule has 2 rings (SSSR count). The van der Waals surface area contributed by atoms with E-state index < -0.39 is 5.54 Å². The second-order valence-corrected chi connectivity index (χ2v) is 7.22. The maximum Gasteiger partial charge on any atom is 0.326 e. The van der Waals surface area contributed by atoms with Crippen LogP contribution in [0.4, 0.5) is 0 Å². The van der Waals surface area contributed by atoms with Gasteiger partial charge in [-0.2, -0.15) is 0 Å². The molecule has 0 radical (unpaired) electrons. The maximum atomic E-state index is 12.6. The van der Waals surface area contributed by atoms with Gasteiger partial charge in [-0.3, -0.25) is 10.1 Å². The van der Waals surface area contributed by atoms with Gasteiger partial charge in [-0.05, 0) is 43.4 Å². The molecule has 2 aliphatic rings. The Bertz CT molecular complexity index is 352. The quantitative estimate of drug-likeness (QED) is 0.793. The number of carbonyl (C=O) groups is 1. The average molecular weight is 297 g/mol. The number of rotatable bonds is 5. The van der Waals surface area contributed by atoms with E-state index in [1.165, 1.54) is 13.5 Å². The van der Waals surface area contributed by atoms with Crippen molar-refractivity contribution in [3.8, 4) is 0 Å². The number of carbonyl (C=O) groups excluding carboxylic acids is 1. The summed E-state index contributed by atoms with van der Waals surface area (Å²) in [5, 5.41) is 3.59. The van der Waals surface area contributed by atoms with Crippen molar-refractivity contribution in [1.29, 1.82) is 0 Å². The van der Waals surface area contributed by atoms with Gasteiger partial charge in [0.15, 0.2) is 0 Å². The fourth-order valence-electron chi connectivity index (χ4n) is 4.21. The smallest absolute Gasteiger partial charge is 0.326 e. The normalized spacial score (nSPS) is 36.9. The van der Waals surface area contributed by atoms with Gasteiger partial charge in [0.05, 0.1) is 13.2 Å². The molecule has 4 nitrogen and oxygen atoms in total. The lowest BCUT2D eigenvalue weighted by Gasteiger charge is -2.47. The lowest BCUT2D eigenvalue weighted by molar-refractivity contribution is -0.155. The first-order valence-corrected chi connectivity index (χ1v) is 8.44. The van der Waals surface area contributed by atoms with Crippen LogP contribution in [-0.4, -0.2) is 37.9 Å². The van der Waals surface area contributed by atoms with Crippen molar-refractivity contribution in [3.63, 3.8) is 0 Å². The molecular weight excluding hydrogens is 266 g/mol. The standard InChI is InChI=1S/C17H31NO3/c1-12(2)15-8-7-13(3)10-17(15,16(19)20-4)18-11-14-6-5-9-21-14/h12-15,18H,5-11H2,1-4H3. The van der Waals surface area contributed by atoms with Crippen LogP contribution in [0.3, 0.4) is 0 Å². The van der Waals surface area contributed by atoms with Crippen molar-refractivity contribution in [2.45, 2.75) is 64.5 Å². The van der Waals surface area contributed by atoms with Crippen molar-refractivity contribution in [3.05, 3.63) is 0 Å². The number of esters is 1. The number of hydrogen-bond donors (Lipinski definition) is 1. The minimum absolute atomic E-state index is 0.0919. The van der Waals surface area contributed by atoms with Crippen LogP contribution in [0.2, 0.25) is 0 Å². The van der Waals surface area contributed by atoms with Gasteiger partial charge in [-0.25, -0.2) is 0 Å². The first kappa shape index (κ1) is 16.8. The largest absolute Gasteiger partial charge is 0.468 e. The molecule has 1 aliphatic carbocycles. The number of ether oxygens (including phenoxy) is 2. The van der Waals surface area contributed by atoms with Crippen LogP contribution >= 0.6 is 0 Å². The van der Waals surface area contributed by atoms with Crippen LogP contribution in [0, 0.1) is 17.8 Å². The Hall–Kier alpha value is -0.610. The summed E-state index contributed by atoms with van der Waals surface area (Å²) < 4.78 is 10.9. The molecule has 122 valence electrons. The number of methoxy groups -OCH3 is 1. The first-order chi connectivity index (χ1) is 9.99. The van der Waals surface area contributed by atoms with Gasteiger partial charge in [0.1, 0.15) is 5.54 Å². The van der Waals surface area contributed by atoms with E-state index in [-0.39, 0.29) is 12.1 Å². The zero-order valence-corrected chi connectivity index (χ0v) is 14.0. The first-order valence-electron chi connectivity index (χ1n) is 8.44. The van der Waals surface area contributed by atoms with E-state index in [0.717, 1.165) is 38.8 Å². The van der Waals surface area contributed by atoms with Gasteiger partial charge in [0.25, 0.3) is 0 Å². The van der Waals surface area contributed by atoms with E-state index in [0.29, 0.717) is 17.8 Å². The predicted octanol–water partition coefficient (Wildman–Crippen LogP) is 2.76. The zero-order chi connectivity index (χ0) is 15.5. The number of hydrogen-bond acceptors (Lipinski definition) is 4. The lowest BCUT2D eigenvalue weighted by Crippen LogP contribution is -2.63. The lowest BCUT2D eigenvalue weighted by atomic mass is 9.64. The number of nitrogens with one attached hydrogen (secondary N) is 1. The predicted molar refractivity (Wildman–Crippen MR) is 83.1 cm³/mol. The minimum atomic E-state index is -0.535. The van der Waals surface area contributed by atoms with Crippen molar-refractivity contribution in [2.24, 2.45) is 17.8 Å². The second kappa shape index (κ2) is 7.10. The molecule has 0 aromatic heterocycles. The van der Waals surface area contributed by atoms with Gasteiger partial charge < -0.3 is 9.47 Å². The van der Waals surface area contributed by atoms with Crippen molar-refractivity contribution in [2.75, 3.05) is 20.3 Å². The molecular formula is C17H31NO3. The Morgan fingerprint density at radius 1 is 1.38 bits per heavy atom. The molecule has 4 heteroatoms. The van der Waals surface area contributed by atoms with Crippen LogP contribution in [0.1, 0.15) is 52.9 Å². The average Bonchev–Trinajstić information content (AvgIpc) is 2.97. The molecule has 4 atom stereocenters. The molecule has 1 saturated heterocycles. The maximum absolute atomic E-state index is 12.6. The fourth-order valence-corrected chi connectivity index (χ4v) is 4.21. The highest BCUT2D eigenvalue weighted by Crippen LogP contribution is 2.42. The Labute approximate surface area is 129 Å². The molecule has 21 heavy (non-hydrogen) atoms. The molecule has 0 spiro atoms. The Balaban J connectivity index is 2.17. The summed E-state index contributed by atoms with van der Waals surface area (Å²) in [5.41, 5.74) is -0.535. The highest BCUT2D eigenvalue weighted by Gasteiger charge is 2.50. The van der Waals surface area contributed by atoms with Crippen LogP contribution < -0.4 is 5.32 Å². The van der Waals surface area contributed by atoms with E-state index in [9.17, 15) is 4.79 Å². The third-order valence-electron chi connectivity index (χ3n) is 5.30. The molecule has 2 fully saturated rings. The van der Waals surface area contributed by atoms with E-state index in [2.05, 4.69) is 26.1 Å². The van der Waals surface area contributed by atoms with Crippen LogP contribution in [0.15, 0.2) is 0 Å². The minimum Gasteiger partial charge on any atom is -0.468 e. The van der Waals surface area contributed by atoms with E-state index >= 15 is 0 Å². The van der Waals surface area contributed by atoms with Gasteiger partial charge in [-0.15, -0.1) is 0 Å². The summed E-state index contributed by atoms with van der Waals surface area (Å²) in [6.07, 6.45) is 5.62. The van der Waals surface area contributed by atoms with Gasteiger partial charge >= 0.3 is 5.97 Å². The van der Waals surface area contributed by atoms with Gasteiger partial charge in [0.2, 0.25) is 0 Å². The fraction of sp³-hybridized carbons (Fsp3) is 0.941. The van der Waals surface area contributed by atoms with Crippen molar-refractivity contribution >= 4 is 5.97 Å². The summed E-state index contributed by atoms with van der Waals surface area (Å²) >= 11 is 0. The third-order valence-corrected chi connectivity index (χ3v) is 5.30. The van der Waals surface area contributed by atoms with Crippen LogP contribution in [0.25, 0.3) is 0 Å². The Morgan fingerprint density at radius 3 is 2.71 bits per heavy atom. The topological polar surface area (TPSA) is 47.6 Å². The second-order valence-electron chi connectivity index (χ2n) is 7.22. The Morgan fingerprint density at radius 2 is 2.14 bits per heavy atom. The van der Waals surface area contributed by atoms with Crippen LogP contribution in [-0.2, 0) is 14.3 Å². The molecule has 1 aliphatic heterocycles. The van der Waals surface area contributed by atoms with Gasteiger partial charge in [-0.1, -0.05) is 27.2 Å². The summed E-state index contributed by atoms with van der Waals surface area (Å²) in [6, 6.07) is 0. The van der Waals surface area contributed by atoms with E-state index in [1.54, 1.807) is 0 Å². The zero-order valence-electron chi connectivity index (χ0n) is 14.0. The third kappa shape index (κ3) is 3.59. The SMILES string of the molecule is COC(=O)C1(NCC2CCCO2)CC(C)CCC1C(C)C. The molecule has 4 unspecified atom stereocenters. The summed E-state index contributed by atoms with van der Waals surface area (Å²) in [6.45, 7) is 8.27.